The summed E-state index contributed by atoms with van der Waals surface area (Å²) in [5.74, 6) is 0.877. The van der Waals surface area contributed by atoms with Crippen molar-refractivity contribution in [3.05, 3.63) is 28.7 Å². The zero-order valence-electron chi connectivity index (χ0n) is 9.82. The van der Waals surface area contributed by atoms with Gasteiger partial charge in [0.1, 0.15) is 12.4 Å². The van der Waals surface area contributed by atoms with Crippen LogP contribution in [0.3, 0.4) is 0 Å². The van der Waals surface area contributed by atoms with Crippen molar-refractivity contribution in [1.82, 2.24) is 5.48 Å². The second kappa shape index (κ2) is 6.99. The Balaban J connectivity index is 1.56. The van der Waals surface area contributed by atoms with E-state index in [1.807, 2.05) is 24.3 Å². The second-order valence-electron chi connectivity index (χ2n) is 4.22. The molecule has 0 bridgehead atoms. The minimum Gasteiger partial charge on any atom is -0.492 e. The molecule has 1 fully saturated rings. The van der Waals surface area contributed by atoms with E-state index < -0.39 is 0 Å². The summed E-state index contributed by atoms with van der Waals surface area (Å²) < 4.78 is 6.61. The Kier molecular flexibility index (Phi) is 5.29. The summed E-state index contributed by atoms with van der Waals surface area (Å²) >= 11 is 3.41. The Bertz CT molecular complexity index is 340. The molecular weight excluding hydrogens is 282 g/mol. The van der Waals surface area contributed by atoms with E-state index in [2.05, 4.69) is 21.4 Å². The van der Waals surface area contributed by atoms with Crippen molar-refractivity contribution in [2.75, 3.05) is 13.2 Å². The lowest BCUT2D eigenvalue weighted by molar-refractivity contribution is -0.0245. The van der Waals surface area contributed by atoms with Gasteiger partial charge in [-0.3, -0.25) is 4.84 Å². The topological polar surface area (TPSA) is 30.5 Å². The molecule has 0 heterocycles. The van der Waals surface area contributed by atoms with Crippen LogP contribution in [0.15, 0.2) is 28.7 Å². The summed E-state index contributed by atoms with van der Waals surface area (Å²) in [6.07, 6.45) is 5.35. The van der Waals surface area contributed by atoms with Gasteiger partial charge < -0.3 is 4.74 Å². The molecule has 1 saturated carbocycles. The number of hydrogen-bond acceptors (Lipinski definition) is 3. The van der Waals surface area contributed by atoms with Crippen molar-refractivity contribution >= 4 is 15.9 Å². The zero-order chi connectivity index (χ0) is 11.9. The highest BCUT2D eigenvalue weighted by Crippen LogP contribution is 2.20. The maximum absolute atomic E-state index is 5.58. The zero-order valence-corrected chi connectivity index (χ0v) is 11.4. The molecule has 0 atom stereocenters. The van der Waals surface area contributed by atoms with Crippen molar-refractivity contribution in [2.24, 2.45) is 0 Å². The number of hydrogen-bond donors (Lipinski definition) is 1. The fourth-order valence-electron chi connectivity index (χ4n) is 1.95. The Hall–Kier alpha value is -0.580. The third kappa shape index (κ3) is 4.66. The van der Waals surface area contributed by atoms with Crippen LogP contribution >= 0.6 is 15.9 Å². The molecule has 0 spiro atoms. The fraction of sp³-hybridized carbons (Fsp3) is 0.538. The van der Waals surface area contributed by atoms with E-state index in [0.29, 0.717) is 19.3 Å². The largest absolute Gasteiger partial charge is 0.492 e. The predicted molar refractivity (Wildman–Crippen MR) is 71.0 cm³/mol. The standard InChI is InChI=1S/C13H18BrNO2/c14-11-4-3-7-13(10-11)16-9-8-15-17-12-5-1-2-6-12/h3-4,7,10,12,15H,1-2,5-6,8-9H2. The van der Waals surface area contributed by atoms with Gasteiger partial charge >= 0.3 is 0 Å². The second-order valence-corrected chi connectivity index (χ2v) is 5.14. The number of nitrogens with one attached hydrogen (secondary N) is 1. The summed E-state index contributed by atoms with van der Waals surface area (Å²) in [6, 6.07) is 7.84. The first-order valence-electron chi connectivity index (χ1n) is 6.11. The van der Waals surface area contributed by atoms with Crippen LogP contribution in [0, 0.1) is 0 Å². The molecular formula is C13H18BrNO2. The fourth-order valence-corrected chi connectivity index (χ4v) is 2.33. The number of hydroxylamine groups is 1. The van der Waals surface area contributed by atoms with Crippen molar-refractivity contribution in [2.45, 2.75) is 31.8 Å². The number of ether oxygens (including phenoxy) is 1. The van der Waals surface area contributed by atoms with Gasteiger partial charge in [-0.05, 0) is 31.0 Å². The van der Waals surface area contributed by atoms with E-state index in [0.717, 1.165) is 10.2 Å². The maximum atomic E-state index is 5.58. The predicted octanol–water partition coefficient (Wildman–Crippen LogP) is 3.29. The summed E-state index contributed by atoms with van der Waals surface area (Å²) in [7, 11) is 0. The minimum atomic E-state index is 0.404. The summed E-state index contributed by atoms with van der Waals surface area (Å²) in [6.45, 7) is 1.33. The van der Waals surface area contributed by atoms with E-state index in [1.165, 1.54) is 25.7 Å². The Morgan fingerprint density at radius 3 is 2.88 bits per heavy atom. The van der Waals surface area contributed by atoms with E-state index in [4.69, 9.17) is 9.57 Å². The normalized spacial score (nSPS) is 16.3. The lowest BCUT2D eigenvalue weighted by Crippen LogP contribution is -2.26. The van der Waals surface area contributed by atoms with E-state index in [-0.39, 0.29) is 0 Å². The first kappa shape index (κ1) is 12.9. The van der Waals surface area contributed by atoms with Gasteiger partial charge in [0.2, 0.25) is 0 Å². The van der Waals surface area contributed by atoms with E-state index in [1.54, 1.807) is 0 Å². The quantitative estimate of drug-likeness (QED) is 0.646. The van der Waals surface area contributed by atoms with Crippen LogP contribution in [-0.2, 0) is 4.84 Å². The molecule has 2 rings (SSSR count). The lowest BCUT2D eigenvalue weighted by Gasteiger charge is -2.12. The monoisotopic (exact) mass is 299 g/mol. The Morgan fingerprint density at radius 2 is 2.12 bits per heavy atom. The molecule has 4 heteroatoms. The molecule has 1 aromatic rings. The Morgan fingerprint density at radius 1 is 1.29 bits per heavy atom. The van der Waals surface area contributed by atoms with Crippen LogP contribution in [0.2, 0.25) is 0 Å². The summed E-state index contributed by atoms with van der Waals surface area (Å²) in [4.78, 5) is 5.53. The van der Waals surface area contributed by atoms with Gasteiger partial charge in [0.15, 0.2) is 0 Å². The van der Waals surface area contributed by atoms with Crippen LogP contribution in [0.4, 0.5) is 0 Å². The van der Waals surface area contributed by atoms with Crippen LogP contribution in [0.1, 0.15) is 25.7 Å². The molecule has 0 amide bonds. The molecule has 0 aromatic heterocycles. The van der Waals surface area contributed by atoms with Crippen LogP contribution in [0.5, 0.6) is 5.75 Å². The van der Waals surface area contributed by atoms with Crippen LogP contribution < -0.4 is 10.2 Å². The van der Waals surface area contributed by atoms with Gasteiger partial charge in [-0.15, -0.1) is 0 Å². The lowest BCUT2D eigenvalue weighted by atomic mass is 10.3. The van der Waals surface area contributed by atoms with E-state index >= 15 is 0 Å². The van der Waals surface area contributed by atoms with Crippen molar-refractivity contribution < 1.29 is 9.57 Å². The number of rotatable bonds is 6. The highest BCUT2D eigenvalue weighted by atomic mass is 79.9. The van der Waals surface area contributed by atoms with Gasteiger partial charge in [0.25, 0.3) is 0 Å². The van der Waals surface area contributed by atoms with Crippen molar-refractivity contribution in [1.29, 1.82) is 0 Å². The molecule has 1 aromatic carbocycles. The van der Waals surface area contributed by atoms with Gasteiger partial charge in [-0.2, -0.15) is 5.48 Å². The maximum Gasteiger partial charge on any atom is 0.120 e. The highest BCUT2D eigenvalue weighted by Gasteiger charge is 2.14. The molecule has 1 aliphatic rings. The first-order valence-corrected chi connectivity index (χ1v) is 6.91. The van der Waals surface area contributed by atoms with Crippen molar-refractivity contribution in [3.8, 4) is 5.75 Å². The molecule has 0 radical (unpaired) electrons. The highest BCUT2D eigenvalue weighted by molar-refractivity contribution is 9.10. The molecule has 1 N–H and O–H groups in total. The molecule has 3 nitrogen and oxygen atoms in total. The third-order valence-corrected chi connectivity index (χ3v) is 3.31. The molecule has 94 valence electrons. The van der Waals surface area contributed by atoms with Gasteiger partial charge in [0.05, 0.1) is 12.6 Å². The number of halogens is 1. The molecule has 0 unspecified atom stereocenters. The average molecular weight is 300 g/mol. The van der Waals surface area contributed by atoms with Crippen LogP contribution in [0.25, 0.3) is 0 Å². The average Bonchev–Trinajstić information content (AvgIpc) is 2.82. The van der Waals surface area contributed by atoms with Crippen molar-refractivity contribution in [3.63, 3.8) is 0 Å². The first-order chi connectivity index (χ1) is 8.34. The SMILES string of the molecule is Brc1cccc(OCCNOC2CCCC2)c1. The summed E-state index contributed by atoms with van der Waals surface area (Å²) in [5, 5.41) is 0. The van der Waals surface area contributed by atoms with E-state index in [9.17, 15) is 0 Å². The minimum absolute atomic E-state index is 0.404. The van der Waals surface area contributed by atoms with Gasteiger partial charge in [0, 0.05) is 4.47 Å². The number of benzene rings is 1. The smallest absolute Gasteiger partial charge is 0.120 e. The van der Waals surface area contributed by atoms with Gasteiger partial charge in [-0.25, -0.2) is 0 Å². The third-order valence-electron chi connectivity index (χ3n) is 2.82. The summed E-state index contributed by atoms with van der Waals surface area (Å²) in [5.41, 5.74) is 2.98. The molecule has 1 aliphatic carbocycles. The van der Waals surface area contributed by atoms with Crippen LogP contribution in [-0.4, -0.2) is 19.3 Å². The van der Waals surface area contributed by atoms with Gasteiger partial charge in [-0.1, -0.05) is 34.8 Å². The molecule has 0 aliphatic heterocycles. The molecule has 17 heavy (non-hydrogen) atoms. The Labute approximate surface area is 111 Å². The molecule has 0 saturated heterocycles.